The predicted molar refractivity (Wildman–Crippen MR) is 93.9 cm³/mol. The minimum atomic E-state index is -0.122. The molecule has 0 spiro atoms. The van der Waals surface area contributed by atoms with Crippen LogP contribution in [0.5, 0.6) is 5.75 Å². The van der Waals surface area contributed by atoms with Crippen molar-refractivity contribution in [3.8, 4) is 5.75 Å². The summed E-state index contributed by atoms with van der Waals surface area (Å²) in [5.41, 5.74) is 1.07. The number of fused-ring (bicyclic) bond motifs is 1. The first-order valence-electron chi connectivity index (χ1n) is 8.55. The molecule has 0 bridgehead atoms. The van der Waals surface area contributed by atoms with E-state index in [0.29, 0.717) is 6.04 Å². The fourth-order valence-electron chi connectivity index (χ4n) is 3.36. The first-order valence-corrected chi connectivity index (χ1v) is 8.55. The SMILES string of the molecule is COc1ccc2cc(C(C)C(=O)NC3CCCCC3)ccc2c1. The summed E-state index contributed by atoms with van der Waals surface area (Å²) in [4.78, 5) is 12.5. The van der Waals surface area contributed by atoms with Gasteiger partial charge in [0, 0.05) is 6.04 Å². The molecule has 2 aromatic rings. The van der Waals surface area contributed by atoms with Crippen LogP contribution in [-0.2, 0) is 4.79 Å². The van der Waals surface area contributed by atoms with Gasteiger partial charge in [-0.05, 0) is 48.2 Å². The van der Waals surface area contributed by atoms with Crippen molar-refractivity contribution in [1.82, 2.24) is 5.32 Å². The van der Waals surface area contributed by atoms with Gasteiger partial charge in [0.25, 0.3) is 0 Å². The Morgan fingerprint density at radius 2 is 1.78 bits per heavy atom. The van der Waals surface area contributed by atoms with E-state index in [1.807, 2.05) is 31.2 Å². The molecule has 1 unspecified atom stereocenters. The molecule has 1 aliphatic rings. The molecule has 1 fully saturated rings. The average molecular weight is 311 g/mol. The number of benzene rings is 2. The van der Waals surface area contributed by atoms with Gasteiger partial charge in [-0.1, -0.05) is 43.5 Å². The zero-order valence-electron chi connectivity index (χ0n) is 14.0. The Balaban J connectivity index is 1.74. The molecule has 1 atom stereocenters. The molecule has 0 aromatic heterocycles. The van der Waals surface area contributed by atoms with Crippen molar-refractivity contribution in [2.24, 2.45) is 0 Å². The van der Waals surface area contributed by atoms with E-state index in [9.17, 15) is 4.79 Å². The van der Waals surface area contributed by atoms with Gasteiger partial charge in [-0.25, -0.2) is 0 Å². The van der Waals surface area contributed by atoms with E-state index < -0.39 is 0 Å². The molecule has 23 heavy (non-hydrogen) atoms. The molecule has 1 aliphatic carbocycles. The Morgan fingerprint density at radius 3 is 2.52 bits per heavy atom. The first-order chi connectivity index (χ1) is 11.2. The summed E-state index contributed by atoms with van der Waals surface area (Å²) >= 11 is 0. The third kappa shape index (κ3) is 3.66. The van der Waals surface area contributed by atoms with Crippen LogP contribution < -0.4 is 10.1 Å². The molecule has 122 valence electrons. The number of amides is 1. The highest BCUT2D eigenvalue weighted by Gasteiger charge is 2.20. The lowest BCUT2D eigenvalue weighted by Gasteiger charge is -2.24. The van der Waals surface area contributed by atoms with Crippen molar-refractivity contribution < 1.29 is 9.53 Å². The molecule has 1 saturated carbocycles. The predicted octanol–water partition coefficient (Wildman–Crippen LogP) is 4.40. The molecule has 0 aliphatic heterocycles. The molecule has 3 nitrogen and oxygen atoms in total. The number of methoxy groups -OCH3 is 1. The third-order valence-electron chi connectivity index (χ3n) is 4.92. The highest BCUT2D eigenvalue weighted by atomic mass is 16.5. The van der Waals surface area contributed by atoms with Crippen molar-refractivity contribution in [2.45, 2.75) is 51.0 Å². The molecule has 0 saturated heterocycles. The maximum absolute atomic E-state index is 12.5. The van der Waals surface area contributed by atoms with Crippen LogP contribution in [0.2, 0.25) is 0 Å². The van der Waals surface area contributed by atoms with E-state index in [-0.39, 0.29) is 11.8 Å². The second kappa shape index (κ2) is 7.03. The van der Waals surface area contributed by atoms with Crippen LogP contribution in [-0.4, -0.2) is 19.1 Å². The number of carbonyl (C=O) groups excluding carboxylic acids is 1. The lowest BCUT2D eigenvalue weighted by atomic mass is 9.93. The van der Waals surface area contributed by atoms with Gasteiger partial charge >= 0.3 is 0 Å². The Kier molecular flexibility index (Phi) is 4.85. The van der Waals surface area contributed by atoms with Crippen molar-refractivity contribution in [3.63, 3.8) is 0 Å². The number of carbonyl (C=O) groups is 1. The van der Waals surface area contributed by atoms with Gasteiger partial charge in [0.2, 0.25) is 5.91 Å². The standard InChI is InChI=1S/C20H25NO2/c1-14(20(22)21-18-6-4-3-5-7-18)15-8-9-17-13-19(23-2)11-10-16(17)12-15/h8-14,18H,3-7H2,1-2H3,(H,21,22). The molecule has 1 amide bonds. The number of hydrogen-bond donors (Lipinski definition) is 1. The smallest absolute Gasteiger partial charge is 0.227 e. The lowest BCUT2D eigenvalue weighted by molar-refractivity contribution is -0.123. The maximum atomic E-state index is 12.5. The quantitative estimate of drug-likeness (QED) is 0.909. The van der Waals surface area contributed by atoms with Gasteiger partial charge in [0.05, 0.1) is 13.0 Å². The van der Waals surface area contributed by atoms with Gasteiger partial charge in [-0.3, -0.25) is 4.79 Å². The summed E-state index contributed by atoms with van der Waals surface area (Å²) < 4.78 is 5.26. The van der Waals surface area contributed by atoms with Gasteiger partial charge in [0.15, 0.2) is 0 Å². The summed E-state index contributed by atoms with van der Waals surface area (Å²) in [5, 5.41) is 5.50. The zero-order chi connectivity index (χ0) is 16.2. The van der Waals surface area contributed by atoms with E-state index in [1.165, 1.54) is 19.3 Å². The summed E-state index contributed by atoms with van der Waals surface area (Å²) in [5.74, 6) is 0.876. The highest BCUT2D eigenvalue weighted by molar-refractivity contribution is 5.88. The van der Waals surface area contributed by atoms with Crippen LogP contribution >= 0.6 is 0 Å². The Morgan fingerprint density at radius 1 is 1.09 bits per heavy atom. The fraction of sp³-hybridized carbons (Fsp3) is 0.450. The molecule has 0 heterocycles. The van der Waals surface area contributed by atoms with Crippen LogP contribution in [0.3, 0.4) is 0 Å². The van der Waals surface area contributed by atoms with Crippen LogP contribution in [0.15, 0.2) is 36.4 Å². The zero-order valence-corrected chi connectivity index (χ0v) is 14.0. The summed E-state index contributed by atoms with van der Waals surface area (Å²) in [6.07, 6.45) is 6.01. The summed E-state index contributed by atoms with van der Waals surface area (Å²) in [6, 6.07) is 12.6. The Bertz CT molecular complexity index is 689. The average Bonchev–Trinajstić information content (AvgIpc) is 2.61. The van der Waals surface area contributed by atoms with Gasteiger partial charge in [-0.2, -0.15) is 0 Å². The Hall–Kier alpha value is -2.03. The van der Waals surface area contributed by atoms with E-state index in [1.54, 1.807) is 7.11 Å². The second-order valence-electron chi connectivity index (χ2n) is 6.54. The number of nitrogens with one attached hydrogen (secondary N) is 1. The summed E-state index contributed by atoms with van der Waals surface area (Å²) in [7, 11) is 1.67. The molecule has 0 radical (unpaired) electrons. The first kappa shape index (κ1) is 15.9. The van der Waals surface area contributed by atoms with E-state index in [0.717, 1.165) is 34.9 Å². The van der Waals surface area contributed by atoms with Gasteiger partial charge in [-0.15, -0.1) is 0 Å². The molecule has 3 rings (SSSR count). The monoisotopic (exact) mass is 311 g/mol. The van der Waals surface area contributed by atoms with Crippen LogP contribution in [0.1, 0.15) is 50.5 Å². The molecule has 2 aromatic carbocycles. The summed E-state index contributed by atoms with van der Waals surface area (Å²) in [6.45, 7) is 1.99. The highest BCUT2D eigenvalue weighted by Crippen LogP contribution is 2.26. The van der Waals surface area contributed by atoms with E-state index in [4.69, 9.17) is 4.74 Å². The number of hydrogen-bond acceptors (Lipinski definition) is 2. The molecule has 3 heteroatoms. The van der Waals surface area contributed by atoms with Crippen LogP contribution in [0.25, 0.3) is 10.8 Å². The number of ether oxygens (including phenoxy) is 1. The molecule has 1 N–H and O–H groups in total. The van der Waals surface area contributed by atoms with Crippen molar-refractivity contribution in [3.05, 3.63) is 42.0 Å². The fourth-order valence-corrected chi connectivity index (χ4v) is 3.36. The number of rotatable bonds is 4. The second-order valence-corrected chi connectivity index (χ2v) is 6.54. The lowest BCUT2D eigenvalue weighted by Crippen LogP contribution is -2.38. The third-order valence-corrected chi connectivity index (χ3v) is 4.92. The topological polar surface area (TPSA) is 38.3 Å². The van der Waals surface area contributed by atoms with E-state index in [2.05, 4.69) is 17.4 Å². The van der Waals surface area contributed by atoms with Crippen LogP contribution in [0, 0.1) is 0 Å². The molecular formula is C20H25NO2. The van der Waals surface area contributed by atoms with Crippen molar-refractivity contribution in [1.29, 1.82) is 0 Å². The minimum absolute atomic E-state index is 0.122. The maximum Gasteiger partial charge on any atom is 0.227 e. The largest absolute Gasteiger partial charge is 0.497 e. The minimum Gasteiger partial charge on any atom is -0.497 e. The van der Waals surface area contributed by atoms with Gasteiger partial charge in [0.1, 0.15) is 5.75 Å². The Labute approximate surface area is 138 Å². The van der Waals surface area contributed by atoms with Gasteiger partial charge < -0.3 is 10.1 Å². The molecular weight excluding hydrogens is 286 g/mol. The normalized spacial score (nSPS) is 17.0. The van der Waals surface area contributed by atoms with Crippen LogP contribution in [0.4, 0.5) is 0 Å². The van der Waals surface area contributed by atoms with E-state index >= 15 is 0 Å². The van der Waals surface area contributed by atoms with Crippen molar-refractivity contribution in [2.75, 3.05) is 7.11 Å². The van der Waals surface area contributed by atoms with Crippen molar-refractivity contribution >= 4 is 16.7 Å².